The van der Waals surface area contributed by atoms with Crippen molar-refractivity contribution < 1.29 is 13.6 Å². The van der Waals surface area contributed by atoms with E-state index >= 15 is 0 Å². The summed E-state index contributed by atoms with van der Waals surface area (Å²) in [7, 11) is 0. The number of imidazole rings is 1. The largest absolute Gasteiger partial charge is 0.366 e. The van der Waals surface area contributed by atoms with Gasteiger partial charge in [-0.2, -0.15) is 0 Å². The van der Waals surface area contributed by atoms with Gasteiger partial charge in [-0.25, -0.2) is 13.8 Å². The van der Waals surface area contributed by atoms with Crippen LogP contribution in [0.1, 0.15) is 47.4 Å². The number of nitrogens with zero attached hydrogens (tertiary/aromatic N) is 2. The second-order valence-electron chi connectivity index (χ2n) is 8.52. The smallest absolute Gasteiger partial charge is 0.251 e. The van der Waals surface area contributed by atoms with Crippen molar-refractivity contribution in [2.45, 2.75) is 36.6 Å². The van der Waals surface area contributed by atoms with Crippen molar-refractivity contribution in [1.82, 2.24) is 9.55 Å². The molecule has 9 heteroatoms. The van der Waals surface area contributed by atoms with E-state index in [1.807, 2.05) is 16.7 Å². The molecule has 0 radical (unpaired) electrons. The number of carbonyl (C=O) groups excluding carboxylic acids is 1. The van der Waals surface area contributed by atoms with Crippen LogP contribution >= 0.6 is 35.0 Å². The van der Waals surface area contributed by atoms with E-state index in [1.54, 1.807) is 30.5 Å². The molecule has 4 aromatic rings. The molecule has 0 aliphatic heterocycles. The van der Waals surface area contributed by atoms with Gasteiger partial charge >= 0.3 is 0 Å². The number of benzene rings is 3. The average Bonchev–Trinajstić information content (AvgIpc) is 3.28. The minimum Gasteiger partial charge on any atom is -0.366 e. The van der Waals surface area contributed by atoms with Gasteiger partial charge in [0.2, 0.25) is 0 Å². The predicted molar refractivity (Wildman–Crippen MR) is 141 cm³/mol. The van der Waals surface area contributed by atoms with Crippen LogP contribution in [0.4, 0.5) is 8.78 Å². The topological polar surface area (TPSA) is 60.9 Å². The lowest BCUT2D eigenvalue weighted by atomic mass is 9.77. The summed E-state index contributed by atoms with van der Waals surface area (Å²) >= 11 is 13.9. The van der Waals surface area contributed by atoms with Gasteiger partial charge in [-0.3, -0.25) is 9.36 Å². The number of halogens is 4. The standard InChI is InChI=1S/C27H23Cl2F2N3OS/c1-3-27(2,17-5-11-21(28)22(29)13-17)24-14-33-26(34(24)19-8-6-18(30)7-9-19)36-15-16-4-10-20(25(32)35)23(31)12-16/h4-14H,3,15H2,1-2H3,(H2,32,35). The van der Waals surface area contributed by atoms with Crippen molar-refractivity contribution in [1.29, 1.82) is 0 Å². The van der Waals surface area contributed by atoms with E-state index in [0.29, 0.717) is 26.5 Å². The monoisotopic (exact) mass is 545 g/mol. The number of thioether (sulfide) groups is 1. The Morgan fingerprint density at radius 1 is 1.06 bits per heavy atom. The van der Waals surface area contributed by atoms with Gasteiger partial charge < -0.3 is 5.73 Å². The molecule has 0 fully saturated rings. The Balaban J connectivity index is 1.77. The van der Waals surface area contributed by atoms with Gasteiger partial charge in [0.1, 0.15) is 11.6 Å². The number of nitrogens with two attached hydrogens (primary N) is 1. The van der Waals surface area contributed by atoms with Crippen molar-refractivity contribution in [3.63, 3.8) is 0 Å². The molecule has 0 aliphatic rings. The van der Waals surface area contributed by atoms with Crippen molar-refractivity contribution in [2.75, 3.05) is 0 Å². The number of rotatable bonds is 8. The summed E-state index contributed by atoms with van der Waals surface area (Å²) in [6, 6.07) is 16.1. The Bertz CT molecular complexity index is 1430. The zero-order chi connectivity index (χ0) is 26.0. The fourth-order valence-corrected chi connectivity index (χ4v) is 5.27. The Kier molecular flexibility index (Phi) is 7.73. The minimum absolute atomic E-state index is 0.154. The lowest BCUT2D eigenvalue weighted by Gasteiger charge is -2.31. The predicted octanol–water partition coefficient (Wildman–Crippen LogP) is 7.56. The zero-order valence-corrected chi connectivity index (χ0v) is 21.9. The maximum atomic E-state index is 14.3. The molecule has 0 saturated carbocycles. The van der Waals surface area contributed by atoms with Crippen LogP contribution in [0.25, 0.3) is 5.69 Å². The van der Waals surface area contributed by atoms with Crippen LogP contribution in [-0.4, -0.2) is 15.5 Å². The van der Waals surface area contributed by atoms with Crippen LogP contribution in [0.15, 0.2) is 72.0 Å². The fraction of sp³-hybridized carbons (Fsp3) is 0.185. The first kappa shape index (κ1) is 26.2. The molecule has 1 heterocycles. The zero-order valence-electron chi connectivity index (χ0n) is 19.6. The Labute approximate surface area is 222 Å². The highest BCUT2D eigenvalue weighted by molar-refractivity contribution is 7.98. The first-order chi connectivity index (χ1) is 17.1. The van der Waals surface area contributed by atoms with Gasteiger partial charge in [0, 0.05) is 16.9 Å². The number of hydrogen-bond donors (Lipinski definition) is 1. The summed E-state index contributed by atoms with van der Waals surface area (Å²) in [6.45, 7) is 4.16. The van der Waals surface area contributed by atoms with Crippen LogP contribution < -0.4 is 5.73 Å². The van der Waals surface area contributed by atoms with Gasteiger partial charge in [-0.15, -0.1) is 0 Å². The lowest BCUT2D eigenvalue weighted by molar-refractivity contribution is 0.0996. The third-order valence-corrected chi connectivity index (χ3v) is 8.07. The quantitative estimate of drug-likeness (QED) is 0.232. The van der Waals surface area contributed by atoms with Crippen molar-refractivity contribution in [3.05, 3.63) is 111 Å². The summed E-state index contributed by atoms with van der Waals surface area (Å²) in [6.07, 6.45) is 2.52. The van der Waals surface area contributed by atoms with E-state index in [2.05, 4.69) is 18.8 Å². The summed E-state index contributed by atoms with van der Waals surface area (Å²) in [4.78, 5) is 16.0. The third-order valence-electron chi connectivity index (χ3n) is 6.31. The van der Waals surface area contributed by atoms with Gasteiger partial charge in [0.25, 0.3) is 5.91 Å². The van der Waals surface area contributed by atoms with Crippen molar-refractivity contribution >= 4 is 40.9 Å². The SMILES string of the molecule is CCC(C)(c1ccc(Cl)c(Cl)c1)c1cnc(SCc2ccc(C(N)=O)c(F)c2)n1-c1ccc(F)cc1. The summed E-state index contributed by atoms with van der Waals surface area (Å²) < 4.78 is 30.0. The van der Waals surface area contributed by atoms with Crippen LogP contribution in [0.3, 0.4) is 0 Å². The van der Waals surface area contributed by atoms with Crippen LogP contribution in [-0.2, 0) is 11.2 Å². The fourth-order valence-electron chi connectivity index (χ4n) is 4.03. The molecule has 0 aliphatic carbocycles. The van der Waals surface area contributed by atoms with Crippen LogP contribution in [0, 0.1) is 11.6 Å². The maximum absolute atomic E-state index is 14.3. The molecule has 0 spiro atoms. The summed E-state index contributed by atoms with van der Waals surface area (Å²) in [5.41, 5.74) is 7.81. The van der Waals surface area contributed by atoms with E-state index in [1.165, 1.54) is 36.0 Å². The molecule has 4 nitrogen and oxygen atoms in total. The summed E-state index contributed by atoms with van der Waals surface area (Å²) in [5.74, 6) is -1.43. The van der Waals surface area contributed by atoms with Crippen molar-refractivity contribution in [2.24, 2.45) is 5.73 Å². The van der Waals surface area contributed by atoms with Crippen molar-refractivity contribution in [3.8, 4) is 5.69 Å². The molecule has 4 rings (SSSR count). The summed E-state index contributed by atoms with van der Waals surface area (Å²) in [5, 5.41) is 1.57. The molecule has 1 amide bonds. The second-order valence-corrected chi connectivity index (χ2v) is 10.3. The second kappa shape index (κ2) is 10.6. The highest BCUT2D eigenvalue weighted by atomic mass is 35.5. The van der Waals surface area contributed by atoms with Gasteiger partial charge in [0.05, 0.1) is 27.5 Å². The normalized spacial score (nSPS) is 12.9. The molecule has 36 heavy (non-hydrogen) atoms. The van der Waals surface area contributed by atoms with Gasteiger partial charge in [-0.1, -0.05) is 54.0 Å². The molecule has 3 aromatic carbocycles. The maximum Gasteiger partial charge on any atom is 0.251 e. The Morgan fingerprint density at radius 2 is 1.78 bits per heavy atom. The Hall–Kier alpha value is -2.87. The molecular weight excluding hydrogens is 523 g/mol. The third kappa shape index (κ3) is 5.14. The first-order valence-electron chi connectivity index (χ1n) is 11.1. The van der Waals surface area contributed by atoms with Gasteiger partial charge in [0.15, 0.2) is 5.16 Å². The highest BCUT2D eigenvalue weighted by Gasteiger charge is 2.33. The van der Waals surface area contributed by atoms with E-state index in [4.69, 9.17) is 28.9 Å². The average molecular weight is 546 g/mol. The first-order valence-corrected chi connectivity index (χ1v) is 12.9. The van der Waals surface area contributed by atoms with Crippen LogP contribution in [0.2, 0.25) is 10.0 Å². The van der Waals surface area contributed by atoms with E-state index in [9.17, 15) is 13.6 Å². The number of primary amides is 1. The number of amides is 1. The molecule has 0 saturated heterocycles. The lowest BCUT2D eigenvalue weighted by Crippen LogP contribution is -2.26. The molecule has 2 N–H and O–H groups in total. The number of hydrogen-bond acceptors (Lipinski definition) is 3. The van der Waals surface area contributed by atoms with E-state index in [-0.39, 0.29) is 11.4 Å². The van der Waals surface area contributed by atoms with E-state index in [0.717, 1.165) is 23.4 Å². The number of carbonyl (C=O) groups is 1. The molecule has 186 valence electrons. The minimum atomic E-state index is -0.815. The molecule has 1 aromatic heterocycles. The highest BCUT2D eigenvalue weighted by Crippen LogP contribution is 2.41. The molecule has 1 atom stereocenters. The van der Waals surface area contributed by atoms with Gasteiger partial charge in [-0.05, 0) is 73.0 Å². The Morgan fingerprint density at radius 3 is 2.39 bits per heavy atom. The van der Waals surface area contributed by atoms with E-state index < -0.39 is 17.1 Å². The van der Waals surface area contributed by atoms with Crippen LogP contribution in [0.5, 0.6) is 0 Å². The molecule has 1 unspecified atom stereocenters. The number of aromatic nitrogens is 2. The molecular formula is C27H23Cl2F2N3OS. The molecule has 0 bridgehead atoms.